The highest BCUT2D eigenvalue weighted by molar-refractivity contribution is 5.96. The fourth-order valence-electron chi connectivity index (χ4n) is 2.14. The van der Waals surface area contributed by atoms with Crippen LogP contribution in [0.1, 0.15) is 47.1 Å². The zero-order valence-electron chi connectivity index (χ0n) is 14.8. The Labute approximate surface area is 146 Å². The molecule has 0 aliphatic rings. The van der Waals surface area contributed by atoms with E-state index in [0.717, 1.165) is 24.0 Å². The zero-order chi connectivity index (χ0) is 18.2. The Balaban J connectivity index is 1.79. The second-order valence-corrected chi connectivity index (χ2v) is 5.81. The van der Waals surface area contributed by atoms with Crippen molar-refractivity contribution >= 4 is 11.9 Å². The highest BCUT2D eigenvalue weighted by atomic mass is 16.5. The summed E-state index contributed by atoms with van der Waals surface area (Å²) < 4.78 is 6.73. The monoisotopic (exact) mass is 345 g/mol. The average Bonchev–Trinajstić information content (AvgIpc) is 3.05. The van der Waals surface area contributed by atoms with Crippen LogP contribution in [0, 0.1) is 13.8 Å². The third kappa shape index (κ3) is 5.37. The number of nitrogens with zero attached hydrogens (tertiary/aromatic N) is 4. The lowest BCUT2D eigenvalue weighted by molar-refractivity contribution is -0.144. The zero-order valence-corrected chi connectivity index (χ0v) is 14.8. The van der Waals surface area contributed by atoms with Crippen LogP contribution >= 0.6 is 0 Å². The maximum atomic E-state index is 12.1. The fourth-order valence-corrected chi connectivity index (χ4v) is 2.14. The molecule has 0 fully saturated rings. The van der Waals surface area contributed by atoms with Crippen LogP contribution in [0.3, 0.4) is 0 Å². The third-order valence-electron chi connectivity index (χ3n) is 3.85. The third-order valence-corrected chi connectivity index (χ3v) is 3.85. The van der Waals surface area contributed by atoms with E-state index in [9.17, 15) is 9.59 Å². The van der Waals surface area contributed by atoms with E-state index in [1.165, 1.54) is 0 Å². The van der Waals surface area contributed by atoms with Crippen molar-refractivity contribution in [3.05, 3.63) is 40.7 Å². The lowest BCUT2D eigenvalue weighted by atomic mass is 10.1. The number of aryl methyl sites for hydroxylation is 3. The molecule has 0 spiro atoms. The first-order valence-corrected chi connectivity index (χ1v) is 8.27. The van der Waals surface area contributed by atoms with E-state index in [-0.39, 0.29) is 19.1 Å². The molecule has 0 aliphatic heterocycles. The summed E-state index contributed by atoms with van der Waals surface area (Å²) in [5.41, 5.74) is 2.64. The van der Waals surface area contributed by atoms with Crippen molar-refractivity contribution in [2.45, 2.75) is 46.8 Å². The molecule has 0 saturated heterocycles. The van der Waals surface area contributed by atoms with Gasteiger partial charge in [-0.3, -0.25) is 9.59 Å². The second-order valence-electron chi connectivity index (χ2n) is 5.81. The van der Waals surface area contributed by atoms with Gasteiger partial charge < -0.3 is 10.1 Å². The molecule has 0 atom stereocenters. The number of nitrogens with one attached hydrogen (secondary N) is 1. The number of ether oxygens (including phenoxy) is 1. The molecule has 0 bridgehead atoms. The molecule has 1 aromatic carbocycles. The van der Waals surface area contributed by atoms with Gasteiger partial charge in [0.15, 0.2) is 12.4 Å². The summed E-state index contributed by atoms with van der Waals surface area (Å²) in [5.74, 6) is -0.364. The van der Waals surface area contributed by atoms with Crippen LogP contribution in [0.15, 0.2) is 18.2 Å². The van der Waals surface area contributed by atoms with E-state index in [1.807, 2.05) is 19.9 Å². The number of amides is 1. The van der Waals surface area contributed by atoms with Crippen LogP contribution in [0.4, 0.5) is 0 Å². The summed E-state index contributed by atoms with van der Waals surface area (Å²) in [6.07, 6.45) is 1.96. The molecule has 1 aromatic heterocycles. The van der Waals surface area contributed by atoms with E-state index in [0.29, 0.717) is 17.9 Å². The van der Waals surface area contributed by atoms with Gasteiger partial charge in [0.2, 0.25) is 0 Å². The van der Waals surface area contributed by atoms with Crippen LogP contribution in [-0.2, 0) is 22.7 Å². The molecular weight excluding hydrogens is 322 g/mol. The van der Waals surface area contributed by atoms with Gasteiger partial charge in [0.1, 0.15) is 6.54 Å². The minimum atomic E-state index is -0.540. The van der Waals surface area contributed by atoms with Gasteiger partial charge in [-0.25, -0.2) is 4.68 Å². The highest BCUT2D eigenvalue weighted by Gasteiger charge is 2.12. The van der Waals surface area contributed by atoms with Crippen LogP contribution in [0.2, 0.25) is 0 Å². The minimum absolute atomic E-state index is 0.0188. The Bertz CT molecular complexity index is 742. The smallest absolute Gasteiger partial charge is 0.325 e. The quantitative estimate of drug-likeness (QED) is 0.729. The number of aromatic nitrogens is 4. The maximum Gasteiger partial charge on any atom is 0.325 e. The molecule has 1 N–H and O–H groups in total. The predicted octanol–water partition coefficient (Wildman–Crippen LogP) is 1.56. The van der Waals surface area contributed by atoms with E-state index < -0.39 is 5.97 Å². The molecule has 0 radical (unpaired) electrons. The Kier molecular flexibility index (Phi) is 6.62. The molecule has 0 aliphatic carbocycles. The molecule has 1 amide bonds. The van der Waals surface area contributed by atoms with Crippen molar-refractivity contribution in [3.8, 4) is 0 Å². The Morgan fingerprint density at radius 2 is 2.04 bits per heavy atom. The maximum absolute atomic E-state index is 12.1. The van der Waals surface area contributed by atoms with E-state index >= 15 is 0 Å². The van der Waals surface area contributed by atoms with Crippen molar-refractivity contribution in [1.82, 2.24) is 25.5 Å². The fraction of sp³-hybridized carbons (Fsp3) is 0.471. The number of benzene rings is 1. The van der Waals surface area contributed by atoms with Crippen molar-refractivity contribution in [3.63, 3.8) is 0 Å². The number of unbranched alkanes of at least 4 members (excludes halogenated alkanes) is 1. The topological polar surface area (TPSA) is 99.0 Å². The number of esters is 1. The Morgan fingerprint density at radius 1 is 1.24 bits per heavy atom. The lowest BCUT2D eigenvalue weighted by Crippen LogP contribution is -2.30. The van der Waals surface area contributed by atoms with Gasteiger partial charge in [0.25, 0.3) is 5.91 Å². The molecule has 1 heterocycles. The van der Waals surface area contributed by atoms with Crippen LogP contribution in [0.5, 0.6) is 0 Å². The molecule has 2 rings (SSSR count). The minimum Gasteiger partial charge on any atom is -0.456 e. The molecule has 2 aromatic rings. The van der Waals surface area contributed by atoms with Crippen molar-refractivity contribution in [2.75, 3.05) is 6.54 Å². The second kappa shape index (κ2) is 8.91. The van der Waals surface area contributed by atoms with Crippen molar-refractivity contribution in [2.24, 2.45) is 0 Å². The van der Waals surface area contributed by atoms with E-state index in [2.05, 4.69) is 27.8 Å². The number of hydrogen-bond acceptors (Lipinski definition) is 6. The molecule has 8 nitrogen and oxygen atoms in total. The molecule has 134 valence electrons. The standard InChI is InChI=1S/C17H23N5O3/c1-4-5-8-22-15(19-20-21-22)11-25-16(23)10-18-17(24)14-7-6-12(2)13(3)9-14/h6-7,9H,4-5,8,10-11H2,1-3H3,(H,18,24). The van der Waals surface area contributed by atoms with Gasteiger partial charge >= 0.3 is 5.97 Å². The first-order chi connectivity index (χ1) is 12.0. The molecular formula is C17H23N5O3. The SMILES string of the molecule is CCCCn1nnnc1COC(=O)CNC(=O)c1ccc(C)c(C)c1. The predicted molar refractivity (Wildman–Crippen MR) is 90.8 cm³/mol. The summed E-state index contributed by atoms with van der Waals surface area (Å²) in [6.45, 7) is 6.44. The van der Waals surface area contributed by atoms with E-state index in [4.69, 9.17) is 4.74 Å². The lowest BCUT2D eigenvalue weighted by Gasteiger charge is -2.08. The van der Waals surface area contributed by atoms with E-state index in [1.54, 1.807) is 16.8 Å². The van der Waals surface area contributed by atoms with Crippen LogP contribution in [0.25, 0.3) is 0 Å². The van der Waals surface area contributed by atoms with Gasteiger partial charge in [-0.2, -0.15) is 0 Å². The number of carbonyl (C=O) groups is 2. The molecule has 0 unspecified atom stereocenters. The molecule has 8 heteroatoms. The van der Waals surface area contributed by atoms with Crippen LogP contribution < -0.4 is 5.32 Å². The molecule has 25 heavy (non-hydrogen) atoms. The number of hydrogen-bond donors (Lipinski definition) is 1. The number of tetrazole rings is 1. The summed E-state index contributed by atoms with van der Waals surface area (Å²) in [7, 11) is 0. The van der Waals surface area contributed by atoms with Gasteiger partial charge in [-0.1, -0.05) is 19.4 Å². The Hall–Kier alpha value is -2.77. The van der Waals surface area contributed by atoms with Crippen molar-refractivity contribution in [1.29, 1.82) is 0 Å². The summed E-state index contributed by atoms with van der Waals surface area (Å²) in [5, 5.41) is 13.8. The highest BCUT2D eigenvalue weighted by Crippen LogP contribution is 2.09. The first-order valence-electron chi connectivity index (χ1n) is 8.27. The summed E-state index contributed by atoms with van der Waals surface area (Å²) in [6, 6.07) is 5.39. The first kappa shape index (κ1) is 18.6. The van der Waals surface area contributed by atoms with Gasteiger partial charge in [-0.05, 0) is 54.0 Å². The van der Waals surface area contributed by atoms with Gasteiger partial charge in [0.05, 0.1) is 0 Å². The largest absolute Gasteiger partial charge is 0.456 e. The normalized spacial score (nSPS) is 10.5. The summed E-state index contributed by atoms with van der Waals surface area (Å²) in [4.78, 5) is 23.9. The number of carbonyl (C=O) groups excluding carboxylic acids is 2. The van der Waals surface area contributed by atoms with Crippen LogP contribution in [-0.4, -0.2) is 38.6 Å². The summed E-state index contributed by atoms with van der Waals surface area (Å²) >= 11 is 0. The van der Waals surface area contributed by atoms with Crippen molar-refractivity contribution < 1.29 is 14.3 Å². The van der Waals surface area contributed by atoms with Gasteiger partial charge in [0, 0.05) is 12.1 Å². The number of rotatable bonds is 8. The van der Waals surface area contributed by atoms with Gasteiger partial charge in [-0.15, -0.1) is 5.10 Å². The Morgan fingerprint density at radius 3 is 2.76 bits per heavy atom. The average molecular weight is 345 g/mol. The molecule has 0 saturated carbocycles.